The summed E-state index contributed by atoms with van der Waals surface area (Å²) in [6.45, 7) is 3.56. The smallest absolute Gasteiger partial charge is 0.00234 e. The molecule has 1 heteroatoms. The molecule has 1 N–H and O–H groups in total. The summed E-state index contributed by atoms with van der Waals surface area (Å²) in [4.78, 5) is 0. The third kappa shape index (κ3) is 2.82. The summed E-state index contributed by atoms with van der Waals surface area (Å²) in [5.41, 5.74) is 0. The van der Waals surface area contributed by atoms with Crippen LogP contribution in [0.3, 0.4) is 0 Å². The molecule has 1 rings (SSSR count). The zero-order chi connectivity index (χ0) is 8.10. The second kappa shape index (κ2) is 4.76. The van der Waals surface area contributed by atoms with Crippen LogP contribution in [0, 0.1) is 11.8 Å². The Hall–Kier alpha value is -0.0400. The summed E-state index contributed by atoms with van der Waals surface area (Å²) in [6, 6.07) is 0. The van der Waals surface area contributed by atoms with Crippen LogP contribution < -0.4 is 5.32 Å². The van der Waals surface area contributed by atoms with Gasteiger partial charge in [-0.2, -0.15) is 0 Å². The number of hydrogen-bond acceptors (Lipinski definition) is 1. The molecule has 11 heavy (non-hydrogen) atoms. The summed E-state index contributed by atoms with van der Waals surface area (Å²) < 4.78 is 0. The standard InChI is InChI=1S/C10H21N/c1-3-9-5-4-6-10(7-9)8-11-2/h9-11H,3-8H2,1-2H3. The number of rotatable bonds is 3. The topological polar surface area (TPSA) is 12.0 Å². The zero-order valence-corrected chi connectivity index (χ0v) is 7.90. The largest absolute Gasteiger partial charge is 0.319 e. The van der Waals surface area contributed by atoms with Crippen LogP contribution in [0.1, 0.15) is 39.0 Å². The second-order valence-electron chi connectivity index (χ2n) is 3.86. The highest BCUT2D eigenvalue weighted by Gasteiger charge is 2.19. The van der Waals surface area contributed by atoms with Gasteiger partial charge < -0.3 is 5.32 Å². The van der Waals surface area contributed by atoms with Crippen LogP contribution in [-0.4, -0.2) is 13.6 Å². The van der Waals surface area contributed by atoms with Crippen molar-refractivity contribution in [1.29, 1.82) is 0 Å². The summed E-state index contributed by atoms with van der Waals surface area (Å²) in [5, 5.41) is 3.28. The molecule has 0 radical (unpaired) electrons. The van der Waals surface area contributed by atoms with Crippen LogP contribution in [0.15, 0.2) is 0 Å². The third-order valence-corrected chi connectivity index (χ3v) is 2.96. The van der Waals surface area contributed by atoms with Crippen molar-refractivity contribution >= 4 is 0 Å². The minimum Gasteiger partial charge on any atom is -0.319 e. The lowest BCUT2D eigenvalue weighted by atomic mass is 9.80. The Bertz CT molecular complexity index is 99.0. The number of nitrogens with one attached hydrogen (secondary N) is 1. The van der Waals surface area contributed by atoms with Gasteiger partial charge in [0.15, 0.2) is 0 Å². The first-order valence-corrected chi connectivity index (χ1v) is 5.01. The van der Waals surface area contributed by atoms with E-state index in [1.807, 2.05) is 0 Å². The SMILES string of the molecule is CCC1CCCC(CNC)C1. The molecular weight excluding hydrogens is 134 g/mol. The van der Waals surface area contributed by atoms with Crippen molar-refractivity contribution < 1.29 is 0 Å². The van der Waals surface area contributed by atoms with E-state index >= 15 is 0 Å². The van der Waals surface area contributed by atoms with Gasteiger partial charge in [-0.1, -0.05) is 26.2 Å². The van der Waals surface area contributed by atoms with E-state index in [0.717, 1.165) is 11.8 Å². The molecule has 0 bridgehead atoms. The van der Waals surface area contributed by atoms with Gasteiger partial charge in [0, 0.05) is 0 Å². The molecule has 66 valence electrons. The summed E-state index contributed by atoms with van der Waals surface area (Å²) in [6.07, 6.45) is 7.26. The van der Waals surface area contributed by atoms with Crippen molar-refractivity contribution in [3.63, 3.8) is 0 Å². The van der Waals surface area contributed by atoms with Crippen molar-refractivity contribution in [2.45, 2.75) is 39.0 Å². The first-order chi connectivity index (χ1) is 5.36. The van der Waals surface area contributed by atoms with Crippen LogP contribution in [0.5, 0.6) is 0 Å². The Morgan fingerprint density at radius 2 is 2.00 bits per heavy atom. The average molecular weight is 155 g/mol. The minimum absolute atomic E-state index is 0.971. The molecule has 2 atom stereocenters. The van der Waals surface area contributed by atoms with Gasteiger partial charge in [0.25, 0.3) is 0 Å². The summed E-state index contributed by atoms with van der Waals surface area (Å²) in [7, 11) is 2.07. The van der Waals surface area contributed by atoms with Gasteiger partial charge in [0.1, 0.15) is 0 Å². The van der Waals surface area contributed by atoms with E-state index in [1.165, 1.54) is 38.6 Å². The van der Waals surface area contributed by atoms with Crippen molar-refractivity contribution in [3.05, 3.63) is 0 Å². The summed E-state index contributed by atoms with van der Waals surface area (Å²) in [5.74, 6) is 2.00. The second-order valence-corrected chi connectivity index (χ2v) is 3.86. The number of hydrogen-bond donors (Lipinski definition) is 1. The fourth-order valence-corrected chi connectivity index (χ4v) is 2.25. The molecule has 1 aliphatic rings. The molecule has 2 unspecified atom stereocenters. The molecule has 0 aliphatic heterocycles. The van der Waals surface area contributed by atoms with Gasteiger partial charge in [-0.3, -0.25) is 0 Å². The average Bonchev–Trinajstić information content (AvgIpc) is 2.06. The monoisotopic (exact) mass is 155 g/mol. The van der Waals surface area contributed by atoms with Gasteiger partial charge in [0.05, 0.1) is 0 Å². The van der Waals surface area contributed by atoms with Gasteiger partial charge in [0.2, 0.25) is 0 Å². The molecule has 1 aliphatic carbocycles. The van der Waals surface area contributed by atoms with Crippen molar-refractivity contribution in [2.24, 2.45) is 11.8 Å². The molecule has 0 heterocycles. The van der Waals surface area contributed by atoms with Gasteiger partial charge in [-0.25, -0.2) is 0 Å². The van der Waals surface area contributed by atoms with Gasteiger partial charge >= 0.3 is 0 Å². The fourth-order valence-electron chi connectivity index (χ4n) is 2.25. The van der Waals surface area contributed by atoms with Crippen LogP contribution in [0.4, 0.5) is 0 Å². The molecule has 1 fully saturated rings. The normalized spacial score (nSPS) is 32.2. The lowest BCUT2D eigenvalue weighted by Gasteiger charge is -2.28. The Balaban J connectivity index is 2.21. The molecule has 0 amide bonds. The first kappa shape index (κ1) is 9.05. The molecule has 0 aromatic heterocycles. The Kier molecular flexibility index (Phi) is 3.92. The molecule has 0 spiro atoms. The van der Waals surface area contributed by atoms with E-state index in [4.69, 9.17) is 0 Å². The highest BCUT2D eigenvalue weighted by Crippen LogP contribution is 2.30. The van der Waals surface area contributed by atoms with E-state index in [-0.39, 0.29) is 0 Å². The van der Waals surface area contributed by atoms with Crippen molar-refractivity contribution in [2.75, 3.05) is 13.6 Å². The van der Waals surface area contributed by atoms with E-state index in [2.05, 4.69) is 19.3 Å². The minimum atomic E-state index is 0.971. The Labute approximate surface area is 70.6 Å². The van der Waals surface area contributed by atoms with Crippen molar-refractivity contribution in [1.82, 2.24) is 5.32 Å². The molecule has 0 aromatic rings. The predicted molar refractivity (Wildman–Crippen MR) is 49.7 cm³/mol. The van der Waals surface area contributed by atoms with Crippen LogP contribution in [-0.2, 0) is 0 Å². The Morgan fingerprint density at radius 3 is 2.64 bits per heavy atom. The molecule has 0 aromatic carbocycles. The molecule has 1 saturated carbocycles. The lowest BCUT2D eigenvalue weighted by molar-refractivity contribution is 0.257. The van der Waals surface area contributed by atoms with E-state index in [1.54, 1.807) is 0 Å². The maximum atomic E-state index is 3.28. The highest BCUT2D eigenvalue weighted by atomic mass is 14.8. The van der Waals surface area contributed by atoms with E-state index in [0.29, 0.717) is 0 Å². The highest BCUT2D eigenvalue weighted by molar-refractivity contribution is 4.73. The molecule has 0 saturated heterocycles. The first-order valence-electron chi connectivity index (χ1n) is 5.01. The quantitative estimate of drug-likeness (QED) is 0.660. The van der Waals surface area contributed by atoms with E-state index in [9.17, 15) is 0 Å². The fraction of sp³-hybridized carbons (Fsp3) is 1.00. The van der Waals surface area contributed by atoms with Gasteiger partial charge in [-0.05, 0) is 38.3 Å². The summed E-state index contributed by atoms with van der Waals surface area (Å²) >= 11 is 0. The van der Waals surface area contributed by atoms with Crippen LogP contribution in [0.25, 0.3) is 0 Å². The molecular formula is C10H21N. The third-order valence-electron chi connectivity index (χ3n) is 2.96. The van der Waals surface area contributed by atoms with E-state index < -0.39 is 0 Å². The zero-order valence-electron chi connectivity index (χ0n) is 7.90. The van der Waals surface area contributed by atoms with Gasteiger partial charge in [-0.15, -0.1) is 0 Å². The molecule has 1 nitrogen and oxygen atoms in total. The maximum absolute atomic E-state index is 3.28. The lowest BCUT2D eigenvalue weighted by Crippen LogP contribution is -2.24. The maximum Gasteiger partial charge on any atom is -0.00234 e. The Morgan fingerprint density at radius 1 is 1.27 bits per heavy atom. The van der Waals surface area contributed by atoms with Crippen LogP contribution >= 0.6 is 0 Å². The van der Waals surface area contributed by atoms with Crippen molar-refractivity contribution in [3.8, 4) is 0 Å². The van der Waals surface area contributed by atoms with Crippen LogP contribution in [0.2, 0.25) is 0 Å². The predicted octanol–water partition coefficient (Wildman–Crippen LogP) is 2.42.